The Kier molecular flexibility index (Phi) is 6.93. The highest BCUT2D eigenvalue weighted by molar-refractivity contribution is 5.97. The van der Waals surface area contributed by atoms with Crippen molar-refractivity contribution in [1.29, 1.82) is 0 Å². The summed E-state index contributed by atoms with van der Waals surface area (Å²) < 4.78 is 23.2. The van der Waals surface area contributed by atoms with Gasteiger partial charge in [-0.05, 0) is 76.2 Å². The van der Waals surface area contributed by atoms with Crippen LogP contribution in [0.3, 0.4) is 0 Å². The van der Waals surface area contributed by atoms with E-state index in [4.69, 9.17) is 9.47 Å². The largest absolute Gasteiger partial charge is 0.449 e. The molecule has 0 aromatic heterocycles. The zero-order chi connectivity index (χ0) is 21.6. The zero-order valence-electron chi connectivity index (χ0n) is 16.6. The summed E-state index contributed by atoms with van der Waals surface area (Å²) in [5.41, 5.74) is 0.411. The number of nitrogens with one attached hydrogen (secondary N) is 2. The number of hydrogen-bond acceptors (Lipinski definition) is 5. The van der Waals surface area contributed by atoms with Crippen LogP contribution in [0.4, 0.5) is 20.6 Å². The summed E-state index contributed by atoms with van der Waals surface area (Å²) >= 11 is 0. The fraction of sp³-hybridized carbons (Fsp3) is 0.286. The number of halogens is 1. The Bertz CT molecular complexity index is 873. The smallest absolute Gasteiger partial charge is 0.412 e. The molecule has 0 aliphatic carbocycles. The molecule has 0 aliphatic rings. The highest BCUT2D eigenvalue weighted by Gasteiger charge is 2.20. The third kappa shape index (κ3) is 7.25. The van der Waals surface area contributed by atoms with Crippen molar-refractivity contribution in [2.24, 2.45) is 0 Å². The van der Waals surface area contributed by atoms with Gasteiger partial charge in [0.15, 0.2) is 6.10 Å². The number of benzene rings is 2. The molecule has 2 aromatic carbocycles. The second-order valence-corrected chi connectivity index (χ2v) is 7.25. The average Bonchev–Trinajstić information content (AvgIpc) is 2.62. The Balaban J connectivity index is 1.90. The van der Waals surface area contributed by atoms with E-state index in [1.807, 2.05) is 0 Å². The Morgan fingerprint density at radius 1 is 0.897 bits per heavy atom. The Morgan fingerprint density at radius 2 is 1.41 bits per heavy atom. The van der Waals surface area contributed by atoms with Gasteiger partial charge in [0, 0.05) is 11.4 Å². The number of hydrogen-bond donors (Lipinski definition) is 2. The van der Waals surface area contributed by atoms with Gasteiger partial charge in [-0.15, -0.1) is 0 Å². The van der Waals surface area contributed by atoms with Crippen LogP contribution in [0.25, 0.3) is 0 Å². The minimum atomic E-state index is -1.06. The van der Waals surface area contributed by atoms with Gasteiger partial charge in [-0.1, -0.05) is 0 Å². The zero-order valence-corrected chi connectivity index (χ0v) is 16.6. The molecule has 0 aliphatic heterocycles. The summed E-state index contributed by atoms with van der Waals surface area (Å²) in [6.45, 7) is 6.67. The molecule has 0 spiro atoms. The third-order valence-electron chi connectivity index (χ3n) is 3.53. The summed E-state index contributed by atoms with van der Waals surface area (Å²) in [5, 5.41) is 5.08. The number of rotatable bonds is 5. The summed E-state index contributed by atoms with van der Waals surface area (Å²) in [6, 6.07) is 11.2. The van der Waals surface area contributed by atoms with Crippen LogP contribution in [0.2, 0.25) is 0 Å². The second kappa shape index (κ2) is 9.18. The van der Waals surface area contributed by atoms with Gasteiger partial charge < -0.3 is 14.8 Å². The first-order valence-corrected chi connectivity index (χ1v) is 8.91. The Labute approximate surface area is 168 Å². The van der Waals surface area contributed by atoms with Gasteiger partial charge in [-0.2, -0.15) is 0 Å². The van der Waals surface area contributed by atoms with Crippen LogP contribution in [0.15, 0.2) is 48.5 Å². The van der Waals surface area contributed by atoms with E-state index in [9.17, 15) is 18.8 Å². The van der Waals surface area contributed by atoms with Crippen molar-refractivity contribution in [1.82, 2.24) is 0 Å². The summed E-state index contributed by atoms with van der Waals surface area (Å²) in [5.74, 6) is -1.67. The molecule has 1 atom stereocenters. The van der Waals surface area contributed by atoms with Gasteiger partial charge in [0.05, 0.1) is 5.56 Å². The normalized spacial score (nSPS) is 11.9. The van der Waals surface area contributed by atoms with Crippen molar-refractivity contribution < 1.29 is 28.2 Å². The van der Waals surface area contributed by atoms with Crippen molar-refractivity contribution in [2.45, 2.75) is 39.4 Å². The highest BCUT2D eigenvalue weighted by Crippen LogP contribution is 2.15. The Hall–Kier alpha value is -3.42. The lowest BCUT2D eigenvalue weighted by molar-refractivity contribution is -0.123. The predicted molar refractivity (Wildman–Crippen MR) is 106 cm³/mol. The molecule has 7 nitrogen and oxygen atoms in total. The molecule has 0 fully saturated rings. The molecule has 2 rings (SSSR count). The van der Waals surface area contributed by atoms with Gasteiger partial charge in [-0.3, -0.25) is 10.1 Å². The van der Waals surface area contributed by atoms with Crippen molar-refractivity contribution in [2.75, 3.05) is 10.6 Å². The lowest BCUT2D eigenvalue weighted by atomic mass is 10.2. The lowest BCUT2D eigenvalue weighted by Gasteiger charge is -2.19. The van der Waals surface area contributed by atoms with E-state index in [-0.39, 0.29) is 5.56 Å². The van der Waals surface area contributed by atoms with Gasteiger partial charge >= 0.3 is 12.1 Å². The molecule has 0 unspecified atom stereocenters. The van der Waals surface area contributed by atoms with Crippen LogP contribution in [0, 0.1) is 5.82 Å². The van der Waals surface area contributed by atoms with Crippen LogP contribution >= 0.6 is 0 Å². The first-order chi connectivity index (χ1) is 13.5. The summed E-state index contributed by atoms with van der Waals surface area (Å²) in [7, 11) is 0. The molecule has 0 saturated carbocycles. The quantitative estimate of drug-likeness (QED) is 0.725. The molecule has 0 radical (unpaired) electrons. The lowest BCUT2D eigenvalue weighted by Crippen LogP contribution is -2.30. The monoisotopic (exact) mass is 402 g/mol. The van der Waals surface area contributed by atoms with E-state index < -0.39 is 35.5 Å². The molecule has 154 valence electrons. The predicted octanol–water partition coefficient (Wildman–Crippen LogP) is 4.36. The maximum atomic E-state index is 12.9. The molecular weight excluding hydrogens is 379 g/mol. The first kappa shape index (κ1) is 21.9. The number of ether oxygens (including phenoxy) is 2. The van der Waals surface area contributed by atoms with E-state index in [1.165, 1.54) is 55.5 Å². The minimum absolute atomic E-state index is 0.209. The van der Waals surface area contributed by atoms with E-state index in [1.54, 1.807) is 20.8 Å². The van der Waals surface area contributed by atoms with Crippen LogP contribution in [0.1, 0.15) is 38.1 Å². The van der Waals surface area contributed by atoms with E-state index in [0.29, 0.717) is 11.4 Å². The molecule has 29 heavy (non-hydrogen) atoms. The minimum Gasteiger partial charge on any atom is -0.449 e. The van der Waals surface area contributed by atoms with Crippen molar-refractivity contribution in [3.63, 3.8) is 0 Å². The third-order valence-corrected chi connectivity index (χ3v) is 3.53. The van der Waals surface area contributed by atoms with Crippen molar-refractivity contribution in [3.8, 4) is 0 Å². The van der Waals surface area contributed by atoms with Gasteiger partial charge in [-0.25, -0.2) is 14.0 Å². The van der Waals surface area contributed by atoms with Crippen molar-refractivity contribution >= 4 is 29.3 Å². The van der Waals surface area contributed by atoms with Crippen LogP contribution in [-0.4, -0.2) is 29.7 Å². The maximum absolute atomic E-state index is 12.9. The SMILES string of the molecule is C[C@H](OC(=O)c1ccc(NC(=O)OC(C)(C)C)cc1)C(=O)Nc1ccc(F)cc1. The molecule has 0 bridgehead atoms. The molecule has 2 aromatic rings. The molecule has 0 heterocycles. The van der Waals surface area contributed by atoms with Gasteiger partial charge in [0.2, 0.25) is 0 Å². The number of amides is 2. The first-order valence-electron chi connectivity index (χ1n) is 8.91. The number of carbonyl (C=O) groups excluding carboxylic acids is 3. The topological polar surface area (TPSA) is 93.7 Å². The van der Waals surface area contributed by atoms with E-state index in [2.05, 4.69) is 10.6 Å². The van der Waals surface area contributed by atoms with Crippen LogP contribution in [-0.2, 0) is 14.3 Å². The Morgan fingerprint density at radius 3 is 1.97 bits per heavy atom. The van der Waals surface area contributed by atoms with Crippen LogP contribution in [0.5, 0.6) is 0 Å². The molecular formula is C21H23FN2O5. The fourth-order valence-electron chi connectivity index (χ4n) is 2.17. The maximum Gasteiger partial charge on any atom is 0.412 e. The molecule has 2 amide bonds. The number of anilines is 2. The average molecular weight is 402 g/mol. The molecule has 8 heteroatoms. The van der Waals surface area contributed by atoms with E-state index >= 15 is 0 Å². The second-order valence-electron chi connectivity index (χ2n) is 7.25. The van der Waals surface area contributed by atoms with Gasteiger partial charge in [0.25, 0.3) is 5.91 Å². The van der Waals surface area contributed by atoms with Crippen LogP contribution < -0.4 is 10.6 Å². The highest BCUT2D eigenvalue weighted by atomic mass is 19.1. The van der Waals surface area contributed by atoms with Crippen molar-refractivity contribution in [3.05, 3.63) is 59.9 Å². The van der Waals surface area contributed by atoms with E-state index in [0.717, 1.165) is 0 Å². The standard InChI is InChI=1S/C21H23FN2O5/c1-13(18(25)23-16-11-7-15(22)8-12-16)28-19(26)14-5-9-17(10-6-14)24-20(27)29-21(2,3)4/h5-13H,1-4H3,(H,23,25)(H,24,27)/t13-/m0/s1. The summed E-state index contributed by atoms with van der Waals surface area (Å²) in [6.07, 6.45) is -1.67. The fourth-order valence-corrected chi connectivity index (χ4v) is 2.17. The molecule has 2 N–H and O–H groups in total. The summed E-state index contributed by atoms with van der Waals surface area (Å²) in [4.78, 5) is 36.1. The van der Waals surface area contributed by atoms with Gasteiger partial charge in [0.1, 0.15) is 11.4 Å². The number of esters is 1. The molecule has 0 saturated heterocycles. The number of carbonyl (C=O) groups is 3.